The van der Waals surface area contributed by atoms with E-state index < -0.39 is 0 Å². The van der Waals surface area contributed by atoms with Crippen LogP contribution in [0.5, 0.6) is 0 Å². The van der Waals surface area contributed by atoms with Crippen molar-refractivity contribution < 1.29 is 14.3 Å². The summed E-state index contributed by atoms with van der Waals surface area (Å²) in [6.45, 7) is 4.08. The minimum atomic E-state index is -0.332. The van der Waals surface area contributed by atoms with Crippen molar-refractivity contribution in [3.8, 4) is 0 Å². The van der Waals surface area contributed by atoms with Gasteiger partial charge in [0.15, 0.2) is 0 Å². The Bertz CT molecular complexity index is 694. The average molecular weight is 330 g/mol. The molecule has 7 nitrogen and oxygen atoms in total. The summed E-state index contributed by atoms with van der Waals surface area (Å²) in [7, 11) is 0. The predicted molar refractivity (Wildman–Crippen MR) is 89.3 cm³/mol. The molecule has 1 amide bonds. The van der Waals surface area contributed by atoms with E-state index in [9.17, 15) is 9.59 Å². The molecule has 0 bridgehead atoms. The van der Waals surface area contributed by atoms with Crippen LogP contribution in [0, 0.1) is 0 Å². The Balaban J connectivity index is 1.73. The molecule has 1 aliphatic heterocycles. The molecule has 0 radical (unpaired) electrons. The van der Waals surface area contributed by atoms with Crippen molar-refractivity contribution in [2.24, 2.45) is 0 Å². The number of aromatic amines is 1. The Morgan fingerprint density at radius 2 is 2.17 bits per heavy atom. The second kappa shape index (κ2) is 7.44. The number of piperazine rings is 1. The zero-order valence-corrected chi connectivity index (χ0v) is 13.7. The fourth-order valence-corrected chi connectivity index (χ4v) is 2.96. The second-order valence-electron chi connectivity index (χ2n) is 5.75. The standard InChI is InChI=1S/C17H22N4O3/c1-2-24-16(23)8-7-15(22)21-10-9-18-11-14(21)17-19-12-5-3-4-6-13(12)20-17/h3-6,14,18H,2,7-11H2,1H3,(H,19,20). The van der Waals surface area contributed by atoms with Crippen LogP contribution in [-0.4, -0.2) is 53.0 Å². The van der Waals surface area contributed by atoms with Crippen molar-refractivity contribution in [3.63, 3.8) is 0 Å². The number of nitrogens with one attached hydrogen (secondary N) is 2. The molecule has 1 saturated heterocycles. The topological polar surface area (TPSA) is 87.3 Å². The van der Waals surface area contributed by atoms with Gasteiger partial charge in [-0.15, -0.1) is 0 Å². The molecule has 1 aliphatic rings. The molecular weight excluding hydrogens is 308 g/mol. The van der Waals surface area contributed by atoms with E-state index in [-0.39, 0.29) is 30.8 Å². The Labute approximate surface area is 140 Å². The van der Waals surface area contributed by atoms with E-state index in [4.69, 9.17) is 4.74 Å². The summed E-state index contributed by atoms with van der Waals surface area (Å²) < 4.78 is 4.89. The molecule has 3 rings (SSSR count). The van der Waals surface area contributed by atoms with Gasteiger partial charge in [-0.3, -0.25) is 9.59 Å². The largest absolute Gasteiger partial charge is 0.466 e. The van der Waals surface area contributed by atoms with Gasteiger partial charge >= 0.3 is 5.97 Å². The number of imidazole rings is 1. The molecule has 2 N–H and O–H groups in total. The molecule has 1 aromatic carbocycles. The van der Waals surface area contributed by atoms with Gasteiger partial charge in [0.1, 0.15) is 11.9 Å². The van der Waals surface area contributed by atoms with Crippen LogP contribution in [0.25, 0.3) is 11.0 Å². The first kappa shape index (κ1) is 16.4. The lowest BCUT2D eigenvalue weighted by molar-refractivity contribution is -0.146. The molecule has 1 fully saturated rings. The van der Waals surface area contributed by atoms with Gasteiger partial charge in [0.2, 0.25) is 5.91 Å². The lowest BCUT2D eigenvalue weighted by atomic mass is 10.1. The van der Waals surface area contributed by atoms with Crippen molar-refractivity contribution in [1.82, 2.24) is 20.2 Å². The van der Waals surface area contributed by atoms with E-state index in [0.717, 1.165) is 23.4 Å². The predicted octanol–water partition coefficient (Wildman–Crippen LogP) is 1.38. The Morgan fingerprint density at radius 3 is 2.96 bits per heavy atom. The number of amides is 1. The Kier molecular flexibility index (Phi) is 5.10. The molecule has 1 aromatic heterocycles. The first-order valence-electron chi connectivity index (χ1n) is 8.29. The number of ether oxygens (including phenoxy) is 1. The van der Waals surface area contributed by atoms with E-state index >= 15 is 0 Å². The van der Waals surface area contributed by atoms with E-state index in [1.165, 1.54) is 0 Å². The molecule has 7 heteroatoms. The highest BCUT2D eigenvalue weighted by atomic mass is 16.5. The molecule has 1 atom stereocenters. The summed E-state index contributed by atoms with van der Waals surface area (Å²) in [6, 6.07) is 7.65. The zero-order chi connectivity index (χ0) is 16.9. The number of H-pyrrole nitrogens is 1. The van der Waals surface area contributed by atoms with Gasteiger partial charge in [-0.05, 0) is 19.1 Å². The molecule has 0 saturated carbocycles. The average Bonchev–Trinajstić information content (AvgIpc) is 3.04. The molecule has 128 valence electrons. The van der Waals surface area contributed by atoms with E-state index in [1.54, 1.807) is 11.8 Å². The maximum atomic E-state index is 12.6. The minimum Gasteiger partial charge on any atom is -0.466 e. The number of nitrogens with zero attached hydrogens (tertiary/aromatic N) is 2. The quantitative estimate of drug-likeness (QED) is 0.809. The number of fused-ring (bicyclic) bond motifs is 1. The van der Waals surface area contributed by atoms with Gasteiger partial charge in [0.25, 0.3) is 0 Å². The van der Waals surface area contributed by atoms with Gasteiger partial charge in [-0.25, -0.2) is 4.98 Å². The Morgan fingerprint density at radius 1 is 1.33 bits per heavy atom. The summed E-state index contributed by atoms with van der Waals surface area (Å²) in [5.41, 5.74) is 1.84. The smallest absolute Gasteiger partial charge is 0.306 e. The highest BCUT2D eigenvalue weighted by Crippen LogP contribution is 2.23. The van der Waals surface area contributed by atoms with Crippen LogP contribution in [0.3, 0.4) is 0 Å². The molecule has 0 spiro atoms. The molecule has 2 heterocycles. The van der Waals surface area contributed by atoms with Gasteiger partial charge in [0, 0.05) is 26.1 Å². The van der Waals surface area contributed by atoms with Crippen LogP contribution < -0.4 is 5.32 Å². The van der Waals surface area contributed by atoms with Crippen LogP contribution >= 0.6 is 0 Å². The molecular formula is C17H22N4O3. The summed E-state index contributed by atoms with van der Waals surface area (Å²) >= 11 is 0. The summed E-state index contributed by atoms with van der Waals surface area (Å²) in [4.78, 5) is 33.7. The van der Waals surface area contributed by atoms with Crippen molar-refractivity contribution in [2.75, 3.05) is 26.2 Å². The fourth-order valence-electron chi connectivity index (χ4n) is 2.96. The van der Waals surface area contributed by atoms with Crippen LogP contribution in [0.4, 0.5) is 0 Å². The van der Waals surface area contributed by atoms with Gasteiger partial charge < -0.3 is 19.9 Å². The lowest BCUT2D eigenvalue weighted by Crippen LogP contribution is -2.49. The van der Waals surface area contributed by atoms with Crippen LogP contribution in [0.1, 0.15) is 31.6 Å². The summed E-state index contributed by atoms with van der Waals surface area (Å²) in [6.07, 6.45) is 0.277. The van der Waals surface area contributed by atoms with Crippen LogP contribution in [0.15, 0.2) is 24.3 Å². The van der Waals surface area contributed by atoms with Crippen molar-refractivity contribution in [1.29, 1.82) is 0 Å². The third kappa shape index (κ3) is 3.56. The van der Waals surface area contributed by atoms with E-state index in [1.807, 2.05) is 24.3 Å². The number of benzene rings is 1. The van der Waals surface area contributed by atoms with E-state index in [2.05, 4.69) is 15.3 Å². The highest BCUT2D eigenvalue weighted by molar-refractivity contribution is 5.82. The maximum Gasteiger partial charge on any atom is 0.306 e. The maximum absolute atomic E-state index is 12.6. The molecule has 1 unspecified atom stereocenters. The van der Waals surface area contributed by atoms with Gasteiger partial charge in [0.05, 0.1) is 24.1 Å². The third-order valence-corrected chi connectivity index (χ3v) is 4.14. The summed E-state index contributed by atoms with van der Waals surface area (Å²) in [5.74, 6) is 0.393. The second-order valence-corrected chi connectivity index (χ2v) is 5.75. The number of hydrogen-bond donors (Lipinski definition) is 2. The normalized spacial score (nSPS) is 17.9. The third-order valence-electron chi connectivity index (χ3n) is 4.14. The first-order valence-corrected chi connectivity index (χ1v) is 8.29. The number of carbonyl (C=O) groups is 2. The number of rotatable bonds is 5. The Hall–Kier alpha value is -2.41. The molecule has 0 aliphatic carbocycles. The van der Waals surface area contributed by atoms with E-state index in [0.29, 0.717) is 19.7 Å². The molecule has 24 heavy (non-hydrogen) atoms. The van der Waals surface area contributed by atoms with Gasteiger partial charge in [-0.2, -0.15) is 0 Å². The number of carbonyl (C=O) groups excluding carboxylic acids is 2. The first-order chi connectivity index (χ1) is 11.7. The fraction of sp³-hybridized carbons (Fsp3) is 0.471. The number of hydrogen-bond acceptors (Lipinski definition) is 5. The minimum absolute atomic E-state index is 0.0463. The SMILES string of the molecule is CCOC(=O)CCC(=O)N1CCNCC1c1nc2ccccc2[nH]1. The van der Waals surface area contributed by atoms with Crippen LogP contribution in [0.2, 0.25) is 0 Å². The van der Waals surface area contributed by atoms with Crippen molar-refractivity contribution >= 4 is 22.9 Å². The number of aromatic nitrogens is 2. The number of esters is 1. The molecule has 2 aromatic rings. The van der Waals surface area contributed by atoms with Crippen LogP contribution in [-0.2, 0) is 14.3 Å². The van der Waals surface area contributed by atoms with Crippen molar-refractivity contribution in [2.45, 2.75) is 25.8 Å². The summed E-state index contributed by atoms with van der Waals surface area (Å²) in [5, 5.41) is 3.30. The number of para-hydroxylation sites is 2. The van der Waals surface area contributed by atoms with Gasteiger partial charge in [-0.1, -0.05) is 12.1 Å². The van der Waals surface area contributed by atoms with Crippen molar-refractivity contribution in [3.05, 3.63) is 30.1 Å². The highest BCUT2D eigenvalue weighted by Gasteiger charge is 2.30. The lowest BCUT2D eigenvalue weighted by Gasteiger charge is -2.35. The monoisotopic (exact) mass is 330 g/mol. The zero-order valence-electron chi connectivity index (χ0n) is 13.7.